The van der Waals surface area contributed by atoms with E-state index in [1.54, 1.807) is 0 Å². The van der Waals surface area contributed by atoms with E-state index in [1.807, 2.05) is 25.1 Å². The summed E-state index contributed by atoms with van der Waals surface area (Å²) in [5, 5.41) is 12.5. The van der Waals surface area contributed by atoms with Crippen LogP contribution in [0.25, 0.3) is 0 Å². The van der Waals surface area contributed by atoms with E-state index in [1.165, 1.54) is 0 Å². The molecule has 0 aliphatic heterocycles. The van der Waals surface area contributed by atoms with Crippen LogP contribution in [0.1, 0.15) is 38.8 Å². The first-order valence-corrected chi connectivity index (χ1v) is 6.11. The van der Waals surface area contributed by atoms with Crippen LogP contribution in [0.5, 0.6) is 0 Å². The van der Waals surface area contributed by atoms with E-state index in [0.717, 1.165) is 23.4 Å². The molecule has 0 bridgehead atoms. The Labute approximate surface area is 105 Å². The molecular formula is C15H22N2. The van der Waals surface area contributed by atoms with E-state index in [0.29, 0.717) is 5.92 Å². The summed E-state index contributed by atoms with van der Waals surface area (Å²) in [6, 6.07) is 8.18. The van der Waals surface area contributed by atoms with Crippen molar-refractivity contribution >= 4 is 5.69 Å². The van der Waals surface area contributed by atoms with Crippen LogP contribution in [0.2, 0.25) is 0 Å². The van der Waals surface area contributed by atoms with Crippen molar-refractivity contribution in [1.82, 2.24) is 0 Å². The highest BCUT2D eigenvalue weighted by atomic mass is 14.9. The molecule has 0 fully saturated rings. The average Bonchev–Trinajstić information content (AvgIpc) is 2.27. The summed E-state index contributed by atoms with van der Waals surface area (Å²) in [5.41, 5.74) is 3.00. The molecule has 0 aromatic heterocycles. The summed E-state index contributed by atoms with van der Waals surface area (Å²) in [4.78, 5) is 0. The van der Waals surface area contributed by atoms with Gasteiger partial charge in [-0.1, -0.05) is 33.8 Å². The van der Waals surface area contributed by atoms with Crippen molar-refractivity contribution in [1.29, 1.82) is 5.26 Å². The van der Waals surface area contributed by atoms with Gasteiger partial charge in [0.1, 0.15) is 6.07 Å². The van der Waals surface area contributed by atoms with Crippen LogP contribution in [0.3, 0.4) is 0 Å². The first-order valence-electron chi connectivity index (χ1n) is 6.11. The third-order valence-electron chi connectivity index (χ3n) is 3.59. The molecule has 1 rings (SSSR count). The molecule has 92 valence electrons. The summed E-state index contributed by atoms with van der Waals surface area (Å²) in [6.45, 7) is 11.8. The topological polar surface area (TPSA) is 35.8 Å². The van der Waals surface area contributed by atoms with Crippen molar-refractivity contribution in [2.75, 3.05) is 11.9 Å². The molecule has 1 N–H and O–H groups in total. The molecule has 0 atom stereocenters. The minimum absolute atomic E-state index is 0.220. The van der Waals surface area contributed by atoms with Crippen molar-refractivity contribution in [3.05, 3.63) is 29.3 Å². The number of hydrogen-bond acceptors (Lipinski definition) is 2. The first kappa shape index (κ1) is 13.6. The smallest absolute Gasteiger partial charge is 0.101 e. The molecule has 0 amide bonds. The standard InChI is InChI=1S/C15H22N2/c1-11(2)15(4,5)10-17-14-7-6-12(3)8-13(14)9-16/h6-8,11,17H,10H2,1-5H3. The number of rotatable bonds is 4. The molecule has 0 saturated carbocycles. The number of hydrogen-bond donors (Lipinski definition) is 1. The maximum absolute atomic E-state index is 9.09. The fourth-order valence-corrected chi connectivity index (χ4v) is 1.43. The zero-order valence-electron chi connectivity index (χ0n) is 11.5. The van der Waals surface area contributed by atoms with Gasteiger partial charge in [0.05, 0.1) is 11.3 Å². The Balaban J connectivity index is 2.80. The lowest BCUT2D eigenvalue weighted by Crippen LogP contribution is -2.28. The summed E-state index contributed by atoms with van der Waals surface area (Å²) < 4.78 is 0. The number of benzene rings is 1. The second-order valence-electron chi connectivity index (χ2n) is 5.66. The molecule has 0 aliphatic carbocycles. The van der Waals surface area contributed by atoms with Gasteiger partial charge in [-0.2, -0.15) is 5.26 Å². The Morgan fingerprint density at radius 2 is 2.00 bits per heavy atom. The van der Waals surface area contributed by atoms with Crippen LogP contribution < -0.4 is 5.32 Å². The molecule has 2 nitrogen and oxygen atoms in total. The predicted molar refractivity (Wildman–Crippen MR) is 73.0 cm³/mol. The van der Waals surface area contributed by atoms with Gasteiger partial charge in [-0.25, -0.2) is 0 Å². The van der Waals surface area contributed by atoms with Gasteiger partial charge in [-0.15, -0.1) is 0 Å². The number of nitrogens with one attached hydrogen (secondary N) is 1. The SMILES string of the molecule is Cc1ccc(NCC(C)(C)C(C)C)c(C#N)c1. The molecule has 0 unspecified atom stereocenters. The third kappa shape index (κ3) is 3.49. The minimum Gasteiger partial charge on any atom is -0.383 e. The lowest BCUT2D eigenvalue weighted by molar-refractivity contribution is 0.269. The Morgan fingerprint density at radius 1 is 1.35 bits per heavy atom. The molecule has 0 aliphatic rings. The van der Waals surface area contributed by atoms with E-state index < -0.39 is 0 Å². The van der Waals surface area contributed by atoms with Crippen molar-refractivity contribution < 1.29 is 0 Å². The van der Waals surface area contributed by atoms with Gasteiger partial charge in [0.2, 0.25) is 0 Å². The molecule has 2 heteroatoms. The van der Waals surface area contributed by atoms with Gasteiger partial charge in [-0.3, -0.25) is 0 Å². The number of aryl methyl sites for hydroxylation is 1. The van der Waals surface area contributed by atoms with Gasteiger partial charge >= 0.3 is 0 Å². The molecule has 0 spiro atoms. The largest absolute Gasteiger partial charge is 0.383 e. The number of nitriles is 1. The minimum atomic E-state index is 0.220. The zero-order chi connectivity index (χ0) is 13.1. The Hall–Kier alpha value is -1.49. The molecule has 0 saturated heterocycles. The summed E-state index contributed by atoms with van der Waals surface area (Å²) >= 11 is 0. The predicted octanol–water partition coefficient (Wildman–Crippen LogP) is 3.96. The average molecular weight is 230 g/mol. The van der Waals surface area contributed by atoms with E-state index in [-0.39, 0.29) is 5.41 Å². The lowest BCUT2D eigenvalue weighted by Gasteiger charge is -2.30. The molecule has 1 aromatic carbocycles. The number of anilines is 1. The normalized spacial score (nSPS) is 11.4. The fraction of sp³-hybridized carbons (Fsp3) is 0.533. The molecule has 17 heavy (non-hydrogen) atoms. The molecule has 0 heterocycles. The van der Waals surface area contributed by atoms with Gasteiger partial charge < -0.3 is 5.32 Å². The Bertz CT molecular complexity index is 425. The van der Waals surface area contributed by atoms with Crippen molar-refractivity contribution in [3.63, 3.8) is 0 Å². The van der Waals surface area contributed by atoms with Crippen LogP contribution >= 0.6 is 0 Å². The van der Waals surface area contributed by atoms with E-state index in [4.69, 9.17) is 5.26 Å². The highest BCUT2D eigenvalue weighted by Gasteiger charge is 2.22. The maximum Gasteiger partial charge on any atom is 0.101 e. The summed E-state index contributed by atoms with van der Waals surface area (Å²) in [7, 11) is 0. The second kappa shape index (κ2) is 5.23. The fourth-order valence-electron chi connectivity index (χ4n) is 1.43. The van der Waals surface area contributed by atoms with Crippen molar-refractivity contribution in [3.8, 4) is 6.07 Å². The van der Waals surface area contributed by atoms with Crippen molar-refractivity contribution in [2.45, 2.75) is 34.6 Å². The summed E-state index contributed by atoms with van der Waals surface area (Å²) in [5.74, 6) is 0.603. The van der Waals surface area contributed by atoms with Crippen LogP contribution in [0.15, 0.2) is 18.2 Å². The molecule has 1 aromatic rings. The van der Waals surface area contributed by atoms with E-state index in [9.17, 15) is 0 Å². The Morgan fingerprint density at radius 3 is 2.53 bits per heavy atom. The van der Waals surface area contributed by atoms with Crippen molar-refractivity contribution in [2.24, 2.45) is 11.3 Å². The van der Waals surface area contributed by atoms with Crippen LogP contribution in [-0.4, -0.2) is 6.54 Å². The zero-order valence-corrected chi connectivity index (χ0v) is 11.5. The maximum atomic E-state index is 9.09. The van der Waals surface area contributed by atoms with Crippen LogP contribution in [-0.2, 0) is 0 Å². The van der Waals surface area contributed by atoms with Crippen LogP contribution in [0, 0.1) is 29.6 Å². The highest BCUT2D eigenvalue weighted by molar-refractivity contribution is 5.58. The lowest BCUT2D eigenvalue weighted by atomic mass is 9.81. The second-order valence-corrected chi connectivity index (χ2v) is 5.66. The highest BCUT2D eigenvalue weighted by Crippen LogP contribution is 2.27. The monoisotopic (exact) mass is 230 g/mol. The molecule has 0 radical (unpaired) electrons. The van der Waals surface area contributed by atoms with Crippen LogP contribution in [0.4, 0.5) is 5.69 Å². The van der Waals surface area contributed by atoms with Gasteiger partial charge in [0.25, 0.3) is 0 Å². The quantitative estimate of drug-likeness (QED) is 0.849. The summed E-state index contributed by atoms with van der Waals surface area (Å²) in [6.07, 6.45) is 0. The van der Waals surface area contributed by atoms with Gasteiger partial charge in [0, 0.05) is 6.54 Å². The van der Waals surface area contributed by atoms with Gasteiger partial charge in [0.15, 0.2) is 0 Å². The first-order chi connectivity index (χ1) is 7.86. The van der Waals surface area contributed by atoms with Gasteiger partial charge in [-0.05, 0) is 36.0 Å². The number of nitrogens with zero attached hydrogens (tertiary/aromatic N) is 1. The van der Waals surface area contributed by atoms with E-state index >= 15 is 0 Å². The van der Waals surface area contributed by atoms with E-state index in [2.05, 4.69) is 39.1 Å². The Kier molecular flexibility index (Phi) is 4.17. The molecular weight excluding hydrogens is 208 g/mol. The third-order valence-corrected chi connectivity index (χ3v) is 3.59.